The molecule has 70 valence electrons. The number of allylic oxidation sites excluding steroid dienone is 2. The first-order chi connectivity index (χ1) is 6.02. The van der Waals surface area contributed by atoms with Gasteiger partial charge in [0, 0.05) is 12.2 Å². The van der Waals surface area contributed by atoms with E-state index in [0.717, 1.165) is 12.2 Å². The van der Waals surface area contributed by atoms with E-state index >= 15 is 0 Å². The van der Waals surface area contributed by atoms with Gasteiger partial charge >= 0.3 is 5.82 Å². The van der Waals surface area contributed by atoms with Gasteiger partial charge in [-0.05, 0) is 4.92 Å². The molecule has 0 unspecified atom stereocenters. The van der Waals surface area contributed by atoms with Gasteiger partial charge in [-0.2, -0.15) is 0 Å². The Morgan fingerprint density at radius 2 is 1.92 bits per heavy atom. The normalized spacial score (nSPS) is 16.2. The van der Waals surface area contributed by atoms with E-state index in [2.05, 4.69) is 0 Å². The minimum Gasteiger partial charge on any atom is -0.358 e. The summed E-state index contributed by atoms with van der Waals surface area (Å²) in [6.45, 7) is -0.276. The smallest absolute Gasteiger partial charge is 0.336 e. The highest BCUT2D eigenvalue weighted by molar-refractivity contribution is 6.14. The Bertz CT molecular complexity index is 324. The number of halogens is 1. The molecule has 0 radical (unpaired) electrons. The van der Waals surface area contributed by atoms with E-state index in [4.69, 9.17) is 11.8 Å². The fourth-order valence-electron chi connectivity index (χ4n) is 0.796. The largest absolute Gasteiger partial charge is 0.358 e. The molecule has 13 heavy (non-hydrogen) atoms. The summed E-state index contributed by atoms with van der Waals surface area (Å²) in [5.74, 6) is -0.368. The lowest BCUT2D eigenvalue weighted by molar-refractivity contribution is -0.450. The highest BCUT2D eigenvalue weighted by Crippen LogP contribution is 2.17. The molecule has 0 N–H and O–H groups in total. The highest BCUT2D eigenvalue weighted by Gasteiger charge is 2.29. The van der Waals surface area contributed by atoms with Gasteiger partial charge in [0.05, 0.1) is 4.92 Å². The zero-order chi connectivity index (χ0) is 10.0. The molecule has 0 aromatic carbocycles. The maximum Gasteiger partial charge on any atom is 0.336 e. The van der Waals surface area contributed by atoms with E-state index in [0.29, 0.717) is 4.42 Å². The summed E-state index contributed by atoms with van der Waals surface area (Å²) in [6.07, 6.45) is 2.06. The van der Waals surface area contributed by atoms with Gasteiger partial charge in [-0.3, -0.25) is 10.1 Å². The second-order valence-corrected chi connectivity index (χ2v) is 2.63. The number of nitro groups is 2. The third kappa shape index (κ3) is 1.94. The van der Waals surface area contributed by atoms with Gasteiger partial charge in [-0.25, -0.2) is 0 Å². The molecule has 1 aliphatic heterocycles. The molecule has 0 fully saturated rings. The molecule has 1 heterocycles. The quantitative estimate of drug-likeness (QED) is 0.377. The van der Waals surface area contributed by atoms with Gasteiger partial charge < -0.3 is 10.1 Å². The predicted molar refractivity (Wildman–Crippen MR) is 42.7 cm³/mol. The Morgan fingerprint density at radius 1 is 1.31 bits per heavy atom. The minimum atomic E-state index is -0.708. The molecule has 0 spiro atoms. The lowest BCUT2D eigenvalue weighted by Gasteiger charge is -2.10. The van der Waals surface area contributed by atoms with E-state index in [1.807, 2.05) is 0 Å². The number of nitrogens with zero attached hydrogens (tertiary/aromatic N) is 3. The average molecular weight is 206 g/mol. The average Bonchev–Trinajstić information content (AvgIpc) is 2.03. The Morgan fingerprint density at radius 3 is 2.31 bits per heavy atom. The second kappa shape index (κ2) is 3.40. The predicted octanol–water partition coefficient (Wildman–Crippen LogP) is 0.734. The van der Waals surface area contributed by atoms with Crippen LogP contribution in [0.5, 0.6) is 0 Å². The van der Waals surface area contributed by atoms with Crippen LogP contribution >= 0.6 is 11.8 Å². The first-order valence-electron chi connectivity index (χ1n) is 3.15. The van der Waals surface area contributed by atoms with Crippen molar-refractivity contribution in [3.63, 3.8) is 0 Å². The highest BCUT2D eigenvalue weighted by atomic mass is 35.5. The summed E-state index contributed by atoms with van der Waals surface area (Å²) in [5.41, 5.74) is -0.180. The van der Waals surface area contributed by atoms with Crippen LogP contribution in [0.25, 0.3) is 0 Å². The van der Waals surface area contributed by atoms with Crippen LogP contribution in [0, 0.1) is 20.2 Å². The lowest BCUT2D eigenvalue weighted by atomic mass is 10.3. The van der Waals surface area contributed by atoms with Gasteiger partial charge in [0.25, 0.3) is 5.70 Å². The standard InChI is InChI=1S/C5H4ClN3O4/c6-7-3-4(8(10)11)1-2-5(7)9(12)13/h1-2H,3H2. The van der Waals surface area contributed by atoms with Crippen LogP contribution in [-0.4, -0.2) is 20.8 Å². The third-order valence-electron chi connectivity index (χ3n) is 1.40. The molecule has 8 heteroatoms. The first kappa shape index (κ1) is 9.46. The molecule has 7 nitrogen and oxygen atoms in total. The molecular formula is C5H4ClN3O4. The SMILES string of the molecule is O=[N+]([O-])C1=CC=C([N+](=O)[O-])N(Cl)C1. The van der Waals surface area contributed by atoms with Crippen LogP contribution in [0.1, 0.15) is 0 Å². The summed E-state index contributed by atoms with van der Waals surface area (Å²) in [7, 11) is 0. The van der Waals surface area contributed by atoms with Gasteiger partial charge in [0.2, 0.25) is 0 Å². The fraction of sp³-hybridized carbons (Fsp3) is 0.200. The molecule has 1 aliphatic rings. The van der Waals surface area contributed by atoms with Crippen molar-refractivity contribution < 1.29 is 9.85 Å². The van der Waals surface area contributed by atoms with Gasteiger partial charge in [0.1, 0.15) is 11.8 Å². The summed E-state index contributed by atoms with van der Waals surface area (Å²) in [5, 5.41) is 20.5. The van der Waals surface area contributed by atoms with Crippen LogP contribution in [0.15, 0.2) is 23.7 Å². The van der Waals surface area contributed by atoms with Crippen LogP contribution in [-0.2, 0) is 0 Å². The maximum absolute atomic E-state index is 10.3. The third-order valence-corrected chi connectivity index (χ3v) is 1.69. The summed E-state index contributed by atoms with van der Waals surface area (Å²) >= 11 is 5.39. The Hall–Kier alpha value is -1.63. The molecule has 0 saturated heterocycles. The summed E-state index contributed by atoms with van der Waals surface area (Å²) in [6, 6.07) is 0. The molecule has 0 aliphatic carbocycles. The topological polar surface area (TPSA) is 89.5 Å². The monoisotopic (exact) mass is 205 g/mol. The van der Waals surface area contributed by atoms with Gasteiger partial charge in [-0.1, -0.05) is 0 Å². The number of hydrogen-bond donors (Lipinski definition) is 0. The zero-order valence-electron chi connectivity index (χ0n) is 6.21. The molecule has 1 rings (SSSR count). The van der Waals surface area contributed by atoms with E-state index in [1.54, 1.807) is 0 Å². The second-order valence-electron chi connectivity index (χ2n) is 2.22. The Labute approximate surface area is 77.3 Å². The zero-order valence-corrected chi connectivity index (χ0v) is 6.97. The van der Waals surface area contributed by atoms with Crippen LogP contribution in [0.2, 0.25) is 0 Å². The molecule has 0 bridgehead atoms. The molecule has 0 amide bonds. The molecule has 0 saturated carbocycles. The van der Waals surface area contributed by atoms with Gasteiger partial charge in [-0.15, -0.1) is 4.42 Å². The maximum atomic E-state index is 10.3. The minimum absolute atomic E-state index is 0.180. The van der Waals surface area contributed by atoms with E-state index in [9.17, 15) is 20.2 Å². The van der Waals surface area contributed by atoms with Crippen molar-refractivity contribution in [1.82, 2.24) is 4.42 Å². The first-order valence-corrected chi connectivity index (χ1v) is 3.49. The molecule has 0 atom stereocenters. The van der Waals surface area contributed by atoms with E-state index < -0.39 is 9.85 Å². The summed E-state index contributed by atoms with van der Waals surface area (Å²) < 4.78 is 0.693. The Balaban J connectivity index is 2.93. The summed E-state index contributed by atoms with van der Waals surface area (Å²) in [4.78, 5) is 19.1. The van der Waals surface area contributed by atoms with Gasteiger partial charge in [0.15, 0.2) is 6.54 Å². The van der Waals surface area contributed by atoms with E-state index in [1.165, 1.54) is 0 Å². The Kier molecular flexibility index (Phi) is 2.47. The van der Waals surface area contributed by atoms with Crippen molar-refractivity contribution >= 4 is 11.8 Å². The van der Waals surface area contributed by atoms with Crippen LogP contribution in [0.3, 0.4) is 0 Å². The molecule has 0 aromatic heterocycles. The number of hydrogen-bond acceptors (Lipinski definition) is 5. The van der Waals surface area contributed by atoms with E-state index in [-0.39, 0.29) is 18.1 Å². The molecular weight excluding hydrogens is 202 g/mol. The fourth-order valence-corrected chi connectivity index (χ4v) is 1.04. The number of rotatable bonds is 2. The van der Waals surface area contributed by atoms with Crippen molar-refractivity contribution in [2.75, 3.05) is 6.54 Å². The molecule has 0 aromatic rings. The van der Waals surface area contributed by atoms with Crippen molar-refractivity contribution in [3.05, 3.63) is 43.9 Å². The van der Waals surface area contributed by atoms with Crippen molar-refractivity contribution in [2.45, 2.75) is 0 Å². The van der Waals surface area contributed by atoms with Crippen LogP contribution < -0.4 is 0 Å². The van der Waals surface area contributed by atoms with Crippen molar-refractivity contribution in [3.8, 4) is 0 Å². The lowest BCUT2D eigenvalue weighted by Crippen LogP contribution is -2.25. The van der Waals surface area contributed by atoms with Crippen LogP contribution in [0.4, 0.5) is 0 Å². The van der Waals surface area contributed by atoms with Crippen molar-refractivity contribution in [1.29, 1.82) is 0 Å². The van der Waals surface area contributed by atoms with Crippen molar-refractivity contribution in [2.24, 2.45) is 0 Å².